The van der Waals surface area contributed by atoms with Crippen LogP contribution in [0.25, 0.3) is 0 Å². The average Bonchev–Trinajstić information content (AvgIpc) is 2.82. The number of hydrogen-bond donors (Lipinski definition) is 2. The van der Waals surface area contributed by atoms with Gasteiger partial charge in [-0.2, -0.15) is 0 Å². The zero-order valence-electron chi connectivity index (χ0n) is 10.0. The summed E-state index contributed by atoms with van der Waals surface area (Å²) in [5.74, 6) is 0.371. The number of nitrogens with zero attached hydrogens (tertiary/aromatic N) is 2. The number of anilines is 1. The zero-order chi connectivity index (χ0) is 12.3. The number of hydrogen-bond acceptors (Lipinski definition) is 4. The van der Waals surface area contributed by atoms with Crippen LogP contribution in [0.2, 0.25) is 0 Å². The molecule has 0 radical (unpaired) electrons. The summed E-state index contributed by atoms with van der Waals surface area (Å²) in [7, 11) is 1.98. The maximum absolute atomic E-state index is 11.1. The Bertz CT molecular complexity index is 401. The van der Waals surface area contributed by atoms with Crippen molar-refractivity contribution in [3.63, 3.8) is 0 Å². The highest BCUT2D eigenvalue weighted by molar-refractivity contribution is 5.93. The number of carbonyl (C=O) groups is 1. The summed E-state index contributed by atoms with van der Waals surface area (Å²) in [6.07, 6.45) is 4.04. The Morgan fingerprint density at radius 2 is 2.53 bits per heavy atom. The summed E-state index contributed by atoms with van der Waals surface area (Å²) in [5, 5.41) is 3.43. The lowest BCUT2D eigenvalue weighted by molar-refractivity contribution is 0.1000. The first-order valence-electron chi connectivity index (χ1n) is 5.87. The maximum atomic E-state index is 11.1. The Hall–Kier alpha value is -1.62. The van der Waals surface area contributed by atoms with Crippen LogP contribution < -0.4 is 16.0 Å². The van der Waals surface area contributed by atoms with Crippen LogP contribution in [0.15, 0.2) is 18.3 Å². The van der Waals surface area contributed by atoms with E-state index in [9.17, 15) is 4.79 Å². The normalized spacial score (nSPS) is 19.2. The predicted molar refractivity (Wildman–Crippen MR) is 67.0 cm³/mol. The van der Waals surface area contributed by atoms with Crippen molar-refractivity contribution in [3.05, 3.63) is 23.9 Å². The first kappa shape index (κ1) is 11.9. The quantitative estimate of drug-likeness (QED) is 0.789. The molecule has 3 N–H and O–H groups in total. The van der Waals surface area contributed by atoms with Crippen LogP contribution in [0.5, 0.6) is 0 Å². The van der Waals surface area contributed by atoms with Gasteiger partial charge in [0.15, 0.2) is 0 Å². The highest BCUT2D eigenvalue weighted by atomic mass is 16.1. The molecular weight excluding hydrogens is 216 g/mol. The van der Waals surface area contributed by atoms with Crippen LogP contribution in [0.4, 0.5) is 5.82 Å². The second kappa shape index (κ2) is 5.14. The van der Waals surface area contributed by atoms with E-state index in [4.69, 9.17) is 5.73 Å². The van der Waals surface area contributed by atoms with Crippen LogP contribution in [0.1, 0.15) is 23.2 Å². The van der Waals surface area contributed by atoms with Crippen molar-refractivity contribution >= 4 is 11.7 Å². The molecule has 1 atom stereocenters. The molecule has 1 aromatic heterocycles. The van der Waals surface area contributed by atoms with Crippen molar-refractivity contribution in [1.29, 1.82) is 0 Å². The third kappa shape index (κ3) is 2.94. The molecule has 1 aliphatic rings. The fourth-order valence-electron chi connectivity index (χ4n) is 2.12. The van der Waals surface area contributed by atoms with Gasteiger partial charge < -0.3 is 16.0 Å². The number of aromatic nitrogens is 1. The number of nitrogens with one attached hydrogen (secondary N) is 1. The van der Waals surface area contributed by atoms with E-state index in [1.165, 1.54) is 12.8 Å². The molecule has 92 valence electrons. The molecule has 1 fully saturated rings. The molecule has 17 heavy (non-hydrogen) atoms. The van der Waals surface area contributed by atoms with Crippen molar-refractivity contribution < 1.29 is 4.79 Å². The van der Waals surface area contributed by atoms with E-state index in [1.54, 1.807) is 18.3 Å². The van der Waals surface area contributed by atoms with Gasteiger partial charge in [0.1, 0.15) is 5.82 Å². The molecule has 0 aromatic carbocycles. The van der Waals surface area contributed by atoms with Gasteiger partial charge in [0.25, 0.3) is 0 Å². The molecule has 2 rings (SSSR count). The third-order valence-corrected chi connectivity index (χ3v) is 3.08. The van der Waals surface area contributed by atoms with Gasteiger partial charge in [0.05, 0.1) is 0 Å². The molecule has 1 aromatic rings. The van der Waals surface area contributed by atoms with E-state index in [2.05, 4.69) is 15.2 Å². The Morgan fingerprint density at radius 3 is 3.18 bits per heavy atom. The minimum atomic E-state index is -0.416. The van der Waals surface area contributed by atoms with Crippen LogP contribution in [-0.2, 0) is 0 Å². The van der Waals surface area contributed by atoms with Crippen LogP contribution in [0, 0.1) is 0 Å². The SMILES string of the molecule is CN(CC1CCCN1)c1cc(C(N)=O)ccn1. The van der Waals surface area contributed by atoms with Gasteiger partial charge in [-0.1, -0.05) is 0 Å². The molecule has 0 saturated carbocycles. The van der Waals surface area contributed by atoms with E-state index in [-0.39, 0.29) is 0 Å². The number of primary amides is 1. The van der Waals surface area contributed by atoms with Gasteiger partial charge in [0.2, 0.25) is 5.91 Å². The van der Waals surface area contributed by atoms with Gasteiger partial charge >= 0.3 is 0 Å². The van der Waals surface area contributed by atoms with E-state index in [0.29, 0.717) is 11.6 Å². The predicted octanol–water partition coefficient (Wildman–Crippen LogP) is 0.369. The molecule has 2 heterocycles. The van der Waals surface area contributed by atoms with Gasteiger partial charge in [-0.15, -0.1) is 0 Å². The molecular formula is C12H18N4O. The molecule has 5 heteroatoms. The van der Waals surface area contributed by atoms with Crippen molar-refractivity contribution in [2.45, 2.75) is 18.9 Å². The Kier molecular flexibility index (Phi) is 3.58. The molecule has 0 aliphatic carbocycles. The number of carbonyl (C=O) groups excluding carboxylic acids is 1. The molecule has 1 unspecified atom stereocenters. The van der Waals surface area contributed by atoms with Gasteiger partial charge in [0, 0.05) is 31.4 Å². The molecule has 1 aliphatic heterocycles. The minimum absolute atomic E-state index is 0.416. The summed E-state index contributed by atoms with van der Waals surface area (Å²) in [5.41, 5.74) is 5.75. The van der Waals surface area contributed by atoms with Crippen molar-refractivity contribution in [3.8, 4) is 0 Å². The molecule has 5 nitrogen and oxygen atoms in total. The highest BCUT2D eigenvalue weighted by Crippen LogP contribution is 2.13. The molecule has 1 saturated heterocycles. The van der Waals surface area contributed by atoms with E-state index in [0.717, 1.165) is 18.9 Å². The van der Waals surface area contributed by atoms with Gasteiger partial charge in [-0.25, -0.2) is 4.98 Å². The van der Waals surface area contributed by atoms with E-state index >= 15 is 0 Å². The Morgan fingerprint density at radius 1 is 1.71 bits per heavy atom. The third-order valence-electron chi connectivity index (χ3n) is 3.08. The number of rotatable bonds is 4. The standard InChI is InChI=1S/C12H18N4O/c1-16(8-10-3-2-5-14-10)11-7-9(12(13)17)4-6-15-11/h4,6-7,10,14H,2-3,5,8H2,1H3,(H2,13,17). The highest BCUT2D eigenvalue weighted by Gasteiger charge is 2.16. The second-order valence-electron chi connectivity index (χ2n) is 4.44. The second-order valence-corrected chi connectivity index (χ2v) is 4.44. The number of amides is 1. The molecule has 1 amide bonds. The first-order valence-corrected chi connectivity index (χ1v) is 5.87. The summed E-state index contributed by atoms with van der Waals surface area (Å²) in [6.45, 7) is 1.99. The lowest BCUT2D eigenvalue weighted by Gasteiger charge is -2.22. The number of pyridine rings is 1. The fraction of sp³-hybridized carbons (Fsp3) is 0.500. The smallest absolute Gasteiger partial charge is 0.248 e. The van der Waals surface area contributed by atoms with E-state index < -0.39 is 5.91 Å². The van der Waals surface area contributed by atoms with Crippen molar-refractivity contribution in [2.24, 2.45) is 5.73 Å². The average molecular weight is 234 g/mol. The monoisotopic (exact) mass is 234 g/mol. The van der Waals surface area contributed by atoms with E-state index in [1.807, 2.05) is 7.05 Å². The molecule has 0 bridgehead atoms. The number of likely N-dealkylation sites (N-methyl/N-ethyl adjacent to an activating group) is 1. The first-order chi connectivity index (χ1) is 8.16. The summed E-state index contributed by atoms with van der Waals surface area (Å²) < 4.78 is 0. The lowest BCUT2D eigenvalue weighted by Crippen LogP contribution is -2.35. The minimum Gasteiger partial charge on any atom is -0.366 e. The summed E-state index contributed by atoms with van der Waals surface area (Å²) in [4.78, 5) is 17.4. The number of nitrogens with two attached hydrogens (primary N) is 1. The Labute approximate surface area is 101 Å². The molecule has 0 spiro atoms. The Balaban J connectivity index is 2.04. The van der Waals surface area contributed by atoms with Crippen molar-refractivity contribution in [2.75, 3.05) is 25.0 Å². The van der Waals surface area contributed by atoms with Gasteiger partial charge in [-0.05, 0) is 31.5 Å². The summed E-state index contributed by atoms with van der Waals surface area (Å²) in [6, 6.07) is 3.88. The topological polar surface area (TPSA) is 71.2 Å². The van der Waals surface area contributed by atoms with Gasteiger partial charge in [-0.3, -0.25) is 4.79 Å². The fourth-order valence-corrected chi connectivity index (χ4v) is 2.12. The van der Waals surface area contributed by atoms with Crippen LogP contribution in [-0.4, -0.2) is 37.1 Å². The lowest BCUT2D eigenvalue weighted by atomic mass is 10.2. The van der Waals surface area contributed by atoms with Crippen LogP contribution >= 0.6 is 0 Å². The van der Waals surface area contributed by atoms with Crippen molar-refractivity contribution in [1.82, 2.24) is 10.3 Å². The summed E-state index contributed by atoms with van der Waals surface area (Å²) >= 11 is 0. The van der Waals surface area contributed by atoms with Crippen LogP contribution in [0.3, 0.4) is 0 Å². The largest absolute Gasteiger partial charge is 0.366 e. The maximum Gasteiger partial charge on any atom is 0.248 e. The zero-order valence-corrected chi connectivity index (χ0v) is 10.0.